The van der Waals surface area contributed by atoms with Crippen LogP contribution in [-0.4, -0.2) is 22.2 Å². The first-order valence-corrected chi connectivity index (χ1v) is 8.07. The van der Waals surface area contributed by atoms with Crippen LogP contribution < -0.4 is 11.1 Å². The van der Waals surface area contributed by atoms with Gasteiger partial charge in [0.15, 0.2) is 0 Å². The van der Waals surface area contributed by atoms with Gasteiger partial charge in [-0.1, -0.05) is 26.0 Å². The molecule has 3 N–H and O–H groups in total. The summed E-state index contributed by atoms with van der Waals surface area (Å²) in [6, 6.07) is 7.86. The maximum Gasteiger partial charge on any atom is 0.228 e. The van der Waals surface area contributed by atoms with E-state index >= 15 is 0 Å². The van der Waals surface area contributed by atoms with Crippen molar-refractivity contribution in [1.29, 1.82) is 0 Å². The molecule has 0 bridgehead atoms. The van der Waals surface area contributed by atoms with E-state index in [0.29, 0.717) is 12.5 Å². The van der Waals surface area contributed by atoms with Crippen LogP contribution in [0.15, 0.2) is 36.7 Å². The van der Waals surface area contributed by atoms with E-state index in [1.54, 1.807) is 0 Å². The van der Waals surface area contributed by atoms with Crippen molar-refractivity contribution in [3.05, 3.63) is 47.8 Å². The van der Waals surface area contributed by atoms with Crippen LogP contribution in [0, 0.1) is 18.8 Å². The van der Waals surface area contributed by atoms with Crippen molar-refractivity contribution in [3.8, 4) is 0 Å². The predicted molar refractivity (Wildman–Crippen MR) is 93.1 cm³/mol. The molecule has 1 atom stereocenters. The minimum absolute atomic E-state index is 0.00310. The lowest BCUT2D eigenvalue weighted by atomic mass is 9.96. The summed E-state index contributed by atoms with van der Waals surface area (Å²) in [6.07, 6.45) is 4.66. The molecule has 23 heavy (non-hydrogen) atoms. The van der Waals surface area contributed by atoms with E-state index in [4.69, 9.17) is 5.73 Å². The molecule has 0 radical (unpaired) electrons. The van der Waals surface area contributed by atoms with Crippen molar-refractivity contribution in [2.45, 2.75) is 33.7 Å². The van der Waals surface area contributed by atoms with Gasteiger partial charge in [-0.25, -0.2) is 0 Å². The zero-order valence-electron chi connectivity index (χ0n) is 14.1. The van der Waals surface area contributed by atoms with Crippen LogP contribution in [0.25, 0.3) is 0 Å². The van der Waals surface area contributed by atoms with Crippen molar-refractivity contribution in [3.63, 3.8) is 0 Å². The fourth-order valence-corrected chi connectivity index (χ4v) is 2.56. The normalized spacial score (nSPS) is 12.4. The zero-order valence-corrected chi connectivity index (χ0v) is 14.1. The number of rotatable bonds is 7. The van der Waals surface area contributed by atoms with Crippen LogP contribution in [-0.2, 0) is 11.3 Å². The zero-order chi connectivity index (χ0) is 16.8. The first kappa shape index (κ1) is 17.2. The molecule has 5 heteroatoms. The molecule has 0 fully saturated rings. The molecule has 0 saturated heterocycles. The number of carbonyl (C=O) groups is 1. The maximum atomic E-state index is 12.3. The summed E-state index contributed by atoms with van der Waals surface area (Å²) in [7, 11) is 0. The van der Waals surface area contributed by atoms with Crippen LogP contribution in [0.2, 0.25) is 0 Å². The number of aromatic nitrogens is 2. The SMILES string of the molecule is Cc1cnn(Cc2ccc(NC(=O)C(CN)CC(C)C)cc2)c1. The quantitative estimate of drug-likeness (QED) is 0.825. The van der Waals surface area contributed by atoms with Crippen LogP contribution >= 0.6 is 0 Å². The second-order valence-corrected chi connectivity index (χ2v) is 6.46. The Labute approximate surface area is 137 Å². The Hall–Kier alpha value is -2.14. The Morgan fingerprint density at radius 3 is 2.52 bits per heavy atom. The number of nitrogens with one attached hydrogen (secondary N) is 1. The molecule has 0 aliphatic carbocycles. The molecule has 0 spiro atoms. The largest absolute Gasteiger partial charge is 0.330 e. The van der Waals surface area contributed by atoms with Gasteiger partial charge in [-0.3, -0.25) is 9.48 Å². The summed E-state index contributed by atoms with van der Waals surface area (Å²) in [5, 5.41) is 7.23. The maximum absolute atomic E-state index is 12.3. The van der Waals surface area contributed by atoms with E-state index in [-0.39, 0.29) is 11.8 Å². The molecule has 2 aromatic rings. The fraction of sp³-hybridized carbons (Fsp3) is 0.444. The number of nitrogens with zero attached hydrogens (tertiary/aromatic N) is 2. The molecular weight excluding hydrogens is 288 g/mol. The molecule has 5 nitrogen and oxygen atoms in total. The summed E-state index contributed by atoms with van der Waals surface area (Å²) in [4.78, 5) is 12.3. The lowest BCUT2D eigenvalue weighted by Crippen LogP contribution is -2.30. The molecule has 2 rings (SSSR count). The van der Waals surface area contributed by atoms with Crippen LogP contribution in [0.1, 0.15) is 31.4 Å². The van der Waals surface area contributed by atoms with E-state index in [9.17, 15) is 4.79 Å². The lowest BCUT2D eigenvalue weighted by Gasteiger charge is -2.17. The Morgan fingerprint density at radius 2 is 2.00 bits per heavy atom. The highest BCUT2D eigenvalue weighted by Crippen LogP contribution is 2.15. The topological polar surface area (TPSA) is 72.9 Å². The lowest BCUT2D eigenvalue weighted by molar-refractivity contribution is -0.120. The van der Waals surface area contributed by atoms with Gasteiger partial charge in [0.2, 0.25) is 5.91 Å². The Kier molecular flexibility index (Phi) is 5.93. The molecule has 1 heterocycles. The van der Waals surface area contributed by atoms with Gasteiger partial charge in [0.25, 0.3) is 0 Å². The fourth-order valence-electron chi connectivity index (χ4n) is 2.56. The number of hydrogen-bond donors (Lipinski definition) is 2. The molecule has 0 saturated carbocycles. The van der Waals surface area contributed by atoms with E-state index in [1.807, 2.05) is 48.3 Å². The van der Waals surface area contributed by atoms with Gasteiger partial charge in [0.1, 0.15) is 0 Å². The number of nitrogens with two attached hydrogens (primary N) is 1. The smallest absolute Gasteiger partial charge is 0.228 e. The van der Waals surface area contributed by atoms with Gasteiger partial charge in [0, 0.05) is 18.4 Å². The minimum Gasteiger partial charge on any atom is -0.330 e. The summed E-state index contributed by atoms with van der Waals surface area (Å²) >= 11 is 0. The van der Waals surface area contributed by atoms with E-state index in [0.717, 1.165) is 29.8 Å². The average Bonchev–Trinajstić information content (AvgIpc) is 2.91. The number of hydrogen-bond acceptors (Lipinski definition) is 3. The van der Waals surface area contributed by atoms with Gasteiger partial charge in [-0.15, -0.1) is 0 Å². The van der Waals surface area contributed by atoms with Gasteiger partial charge < -0.3 is 11.1 Å². The highest BCUT2D eigenvalue weighted by molar-refractivity contribution is 5.92. The number of aryl methyl sites for hydroxylation is 1. The van der Waals surface area contributed by atoms with E-state index < -0.39 is 0 Å². The molecule has 124 valence electrons. The molecule has 0 aliphatic rings. The molecule has 1 amide bonds. The molecular formula is C18H26N4O. The second-order valence-electron chi connectivity index (χ2n) is 6.46. The van der Waals surface area contributed by atoms with E-state index in [2.05, 4.69) is 24.3 Å². The Morgan fingerprint density at radius 1 is 1.30 bits per heavy atom. The van der Waals surface area contributed by atoms with Gasteiger partial charge in [-0.2, -0.15) is 5.10 Å². The van der Waals surface area contributed by atoms with Gasteiger partial charge >= 0.3 is 0 Å². The molecule has 1 unspecified atom stereocenters. The Bertz CT molecular complexity index is 631. The molecule has 1 aromatic heterocycles. The summed E-state index contributed by atoms with van der Waals surface area (Å²) in [6.45, 7) is 7.32. The van der Waals surface area contributed by atoms with Crippen molar-refractivity contribution in [1.82, 2.24) is 9.78 Å². The van der Waals surface area contributed by atoms with Crippen LogP contribution in [0.4, 0.5) is 5.69 Å². The summed E-state index contributed by atoms with van der Waals surface area (Å²) < 4.78 is 1.90. The third-order valence-corrected chi connectivity index (χ3v) is 3.74. The standard InChI is InChI=1S/C18H26N4O/c1-13(2)8-16(9-19)18(23)21-17-6-4-15(5-7-17)12-22-11-14(3)10-20-22/h4-7,10-11,13,16H,8-9,12,19H2,1-3H3,(H,21,23). The van der Waals surface area contributed by atoms with E-state index in [1.165, 1.54) is 0 Å². The number of anilines is 1. The van der Waals surface area contributed by atoms with Crippen molar-refractivity contribution in [2.24, 2.45) is 17.6 Å². The van der Waals surface area contributed by atoms with Crippen molar-refractivity contribution < 1.29 is 4.79 Å². The van der Waals surface area contributed by atoms with Crippen LogP contribution in [0.3, 0.4) is 0 Å². The first-order chi connectivity index (χ1) is 11.0. The van der Waals surface area contributed by atoms with Crippen molar-refractivity contribution >= 4 is 11.6 Å². The number of benzene rings is 1. The summed E-state index contributed by atoms with van der Waals surface area (Å²) in [5.74, 6) is 0.313. The van der Waals surface area contributed by atoms with Gasteiger partial charge in [-0.05, 0) is 42.5 Å². The number of carbonyl (C=O) groups excluding carboxylic acids is 1. The minimum atomic E-state index is -0.137. The first-order valence-electron chi connectivity index (χ1n) is 8.07. The summed E-state index contributed by atoms with van der Waals surface area (Å²) in [5.41, 5.74) is 8.81. The highest BCUT2D eigenvalue weighted by Gasteiger charge is 2.18. The molecule has 1 aromatic carbocycles. The predicted octanol–water partition coefficient (Wildman–Crippen LogP) is 2.80. The third-order valence-electron chi connectivity index (χ3n) is 3.74. The second kappa shape index (κ2) is 7.92. The van der Waals surface area contributed by atoms with Gasteiger partial charge in [0.05, 0.1) is 18.7 Å². The third kappa shape index (κ3) is 5.21. The van der Waals surface area contributed by atoms with Crippen LogP contribution in [0.5, 0.6) is 0 Å². The average molecular weight is 314 g/mol. The molecule has 0 aliphatic heterocycles. The Balaban J connectivity index is 1.95. The number of amides is 1. The monoisotopic (exact) mass is 314 g/mol. The highest BCUT2D eigenvalue weighted by atomic mass is 16.1. The van der Waals surface area contributed by atoms with Crippen molar-refractivity contribution in [2.75, 3.05) is 11.9 Å².